The smallest absolute Gasteiger partial charge is 0.343 e. The molecule has 0 saturated heterocycles. The number of amides is 1. The van der Waals surface area contributed by atoms with Gasteiger partial charge in [-0.2, -0.15) is 5.10 Å². The van der Waals surface area contributed by atoms with Gasteiger partial charge in [-0.3, -0.25) is 9.10 Å². The molecule has 170 valence electrons. The second-order valence-corrected chi connectivity index (χ2v) is 9.21. The van der Waals surface area contributed by atoms with E-state index in [1.165, 1.54) is 30.5 Å². The monoisotopic (exact) mass is 485 g/mol. The summed E-state index contributed by atoms with van der Waals surface area (Å²) in [6, 6.07) is 21.2. The first-order valence-corrected chi connectivity index (χ1v) is 11.9. The van der Waals surface area contributed by atoms with Crippen LogP contribution in [-0.2, 0) is 14.8 Å². The van der Waals surface area contributed by atoms with Crippen LogP contribution in [0.4, 0.5) is 5.69 Å². The van der Waals surface area contributed by atoms with Crippen LogP contribution in [0.1, 0.15) is 15.9 Å². The summed E-state index contributed by atoms with van der Waals surface area (Å²) < 4.78 is 30.4. The summed E-state index contributed by atoms with van der Waals surface area (Å²) >= 11 is 5.83. The molecule has 0 aliphatic rings. The predicted octanol–water partition coefficient (Wildman–Crippen LogP) is 3.48. The number of rotatable bonds is 8. The Morgan fingerprint density at radius 3 is 2.24 bits per heavy atom. The molecule has 1 N–H and O–H groups in total. The van der Waals surface area contributed by atoms with Crippen molar-refractivity contribution in [3.05, 3.63) is 95.0 Å². The molecule has 0 fully saturated rings. The van der Waals surface area contributed by atoms with E-state index in [0.29, 0.717) is 27.6 Å². The maximum atomic E-state index is 12.2. The fourth-order valence-electron chi connectivity index (χ4n) is 2.71. The van der Waals surface area contributed by atoms with Crippen molar-refractivity contribution in [1.82, 2.24) is 5.43 Å². The summed E-state index contributed by atoms with van der Waals surface area (Å²) in [5.41, 5.74) is 3.67. The highest BCUT2D eigenvalue weighted by Crippen LogP contribution is 2.20. The number of carbonyl (C=O) groups is 2. The van der Waals surface area contributed by atoms with Crippen LogP contribution < -0.4 is 14.5 Å². The summed E-state index contributed by atoms with van der Waals surface area (Å²) in [5.74, 6) is -0.739. The van der Waals surface area contributed by atoms with E-state index in [1.54, 1.807) is 54.6 Å². The Balaban J connectivity index is 1.57. The molecule has 0 bridgehead atoms. The van der Waals surface area contributed by atoms with E-state index in [0.717, 1.165) is 10.6 Å². The molecule has 1 amide bonds. The first kappa shape index (κ1) is 24.0. The number of hydrazone groups is 1. The van der Waals surface area contributed by atoms with Gasteiger partial charge < -0.3 is 4.74 Å². The Morgan fingerprint density at radius 1 is 1.00 bits per heavy atom. The van der Waals surface area contributed by atoms with E-state index in [2.05, 4.69) is 10.5 Å². The van der Waals surface area contributed by atoms with Crippen molar-refractivity contribution in [2.24, 2.45) is 5.10 Å². The number of nitrogens with one attached hydrogen (secondary N) is 1. The topological polar surface area (TPSA) is 105 Å². The maximum Gasteiger partial charge on any atom is 0.343 e. The van der Waals surface area contributed by atoms with Crippen molar-refractivity contribution in [3.63, 3.8) is 0 Å². The fourth-order valence-corrected chi connectivity index (χ4v) is 3.70. The lowest BCUT2D eigenvalue weighted by Gasteiger charge is -2.21. The number of benzene rings is 3. The molecule has 0 aliphatic heterocycles. The molecule has 0 saturated carbocycles. The number of carbonyl (C=O) groups excluding carboxylic acids is 2. The second kappa shape index (κ2) is 10.8. The summed E-state index contributed by atoms with van der Waals surface area (Å²) in [6.07, 6.45) is 2.39. The average Bonchev–Trinajstić information content (AvgIpc) is 2.79. The highest BCUT2D eigenvalue weighted by molar-refractivity contribution is 7.92. The van der Waals surface area contributed by atoms with Gasteiger partial charge in [0.25, 0.3) is 5.91 Å². The Morgan fingerprint density at radius 2 is 1.64 bits per heavy atom. The van der Waals surface area contributed by atoms with Crippen LogP contribution in [0.15, 0.2) is 84.0 Å². The Bertz CT molecular complexity index is 1250. The SMILES string of the molecule is CS(=O)(=O)N(CC(=O)N/N=C\c1ccc(OC(=O)c2ccccc2)cc1)c1ccc(Cl)cc1. The number of anilines is 1. The van der Waals surface area contributed by atoms with E-state index in [-0.39, 0.29) is 0 Å². The molecule has 0 unspecified atom stereocenters. The minimum Gasteiger partial charge on any atom is -0.423 e. The molecule has 3 aromatic rings. The van der Waals surface area contributed by atoms with Gasteiger partial charge in [0.1, 0.15) is 12.3 Å². The third-order valence-electron chi connectivity index (χ3n) is 4.31. The number of hydrogen-bond acceptors (Lipinski definition) is 6. The lowest BCUT2D eigenvalue weighted by Crippen LogP contribution is -2.38. The van der Waals surface area contributed by atoms with Gasteiger partial charge in [0, 0.05) is 5.02 Å². The number of halogens is 1. The van der Waals surface area contributed by atoms with Crippen LogP contribution in [0.3, 0.4) is 0 Å². The van der Waals surface area contributed by atoms with Crippen LogP contribution in [0.5, 0.6) is 5.75 Å². The quantitative estimate of drug-likeness (QED) is 0.227. The maximum absolute atomic E-state index is 12.2. The molecule has 8 nitrogen and oxygen atoms in total. The van der Waals surface area contributed by atoms with Crippen molar-refractivity contribution in [2.45, 2.75) is 0 Å². The van der Waals surface area contributed by atoms with Crippen LogP contribution in [0, 0.1) is 0 Å². The van der Waals surface area contributed by atoms with Gasteiger partial charge in [-0.1, -0.05) is 29.8 Å². The Labute approximate surface area is 196 Å². The number of nitrogens with zero attached hydrogens (tertiary/aromatic N) is 2. The average molecular weight is 486 g/mol. The van der Waals surface area contributed by atoms with Gasteiger partial charge in [0.15, 0.2) is 0 Å². The van der Waals surface area contributed by atoms with E-state index in [9.17, 15) is 18.0 Å². The normalized spacial score (nSPS) is 11.2. The van der Waals surface area contributed by atoms with Crippen LogP contribution in [0.25, 0.3) is 0 Å². The lowest BCUT2D eigenvalue weighted by molar-refractivity contribution is -0.119. The molecular weight excluding hydrogens is 466 g/mol. The van der Waals surface area contributed by atoms with Crippen LogP contribution >= 0.6 is 11.6 Å². The first-order valence-electron chi connectivity index (χ1n) is 9.65. The fraction of sp³-hybridized carbons (Fsp3) is 0.0870. The zero-order valence-corrected chi connectivity index (χ0v) is 19.1. The van der Waals surface area contributed by atoms with Crippen LogP contribution in [-0.4, -0.2) is 39.3 Å². The van der Waals surface area contributed by atoms with Crippen molar-refractivity contribution in [1.29, 1.82) is 0 Å². The van der Waals surface area contributed by atoms with E-state index in [4.69, 9.17) is 16.3 Å². The van der Waals surface area contributed by atoms with Gasteiger partial charge in [-0.05, 0) is 66.2 Å². The number of hydrogen-bond donors (Lipinski definition) is 1. The summed E-state index contributed by atoms with van der Waals surface area (Å²) in [4.78, 5) is 24.3. The van der Waals surface area contributed by atoms with Crippen molar-refractivity contribution in [2.75, 3.05) is 17.1 Å². The molecule has 0 spiro atoms. The number of sulfonamides is 1. The summed E-state index contributed by atoms with van der Waals surface area (Å²) in [5, 5.41) is 4.29. The summed E-state index contributed by atoms with van der Waals surface area (Å²) in [6.45, 7) is -0.452. The first-order chi connectivity index (χ1) is 15.7. The Kier molecular flexibility index (Phi) is 7.81. The van der Waals surface area contributed by atoms with Gasteiger partial charge in [-0.25, -0.2) is 18.6 Å². The molecule has 10 heteroatoms. The largest absolute Gasteiger partial charge is 0.423 e. The van der Waals surface area contributed by atoms with Gasteiger partial charge in [0.2, 0.25) is 10.0 Å². The molecule has 0 heterocycles. The molecule has 0 aromatic heterocycles. The lowest BCUT2D eigenvalue weighted by atomic mass is 10.2. The molecule has 0 radical (unpaired) electrons. The molecule has 0 atom stereocenters. The van der Waals surface area contributed by atoms with Crippen molar-refractivity contribution < 1.29 is 22.7 Å². The highest BCUT2D eigenvalue weighted by Gasteiger charge is 2.20. The third-order valence-corrected chi connectivity index (χ3v) is 5.70. The van der Waals surface area contributed by atoms with Crippen LogP contribution in [0.2, 0.25) is 5.02 Å². The second-order valence-electron chi connectivity index (χ2n) is 6.86. The van der Waals surface area contributed by atoms with Crippen molar-refractivity contribution >= 4 is 45.4 Å². The summed E-state index contributed by atoms with van der Waals surface area (Å²) in [7, 11) is -3.70. The van der Waals surface area contributed by atoms with E-state index in [1.807, 2.05) is 0 Å². The molecule has 3 aromatic carbocycles. The van der Waals surface area contributed by atoms with Gasteiger partial charge in [-0.15, -0.1) is 0 Å². The molecular formula is C23H20ClN3O5S. The number of esters is 1. The molecule has 0 aliphatic carbocycles. The van der Waals surface area contributed by atoms with Gasteiger partial charge in [0.05, 0.1) is 23.7 Å². The predicted molar refractivity (Wildman–Crippen MR) is 127 cm³/mol. The standard InChI is InChI=1S/C23H20ClN3O5S/c1-33(30,31)27(20-11-9-19(24)10-12-20)16-22(28)26-25-15-17-7-13-21(14-8-17)32-23(29)18-5-3-2-4-6-18/h2-15H,16H2,1H3,(H,26,28)/b25-15-. The minimum absolute atomic E-state index is 0.307. The van der Waals surface area contributed by atoms with E-state index >= 15 is 0 Å². The Hall–Kier alpha value is -3.69. The zero-order chi connectivity index (χ0) is 23.8. The van der Waals surface area contributed by atoms with Gasteiger partial charge >= 0.3 is 5.97 Å². The number of ether oxygens (including phenoxy) is 1. The zero-order valence-electron chi connectivity index (χ0n) is 17.5. The third kappa shape index (κ3) is 7.16. The van der Waals surface area contributed by atoms with Crippen molar-refractivity contribution in [3.8, 4) is 5.75 Å². The highest BCUT2D eigenvalue weighted by atomic mass is 35.5. The molecule has 33 heavy (non-hydrogen) atoms. The molecule has 3 rings (SSSR count). The van der Waals surface area contributed by atoms with E-state index < -0.39 is 28.4 Å². The minimum atomic E-state index is -3.70.